The van der Waals surface area contributed by atoms with Crippen LogP contribution in [0.25, 0.3) is 11.4 Å². The largest absolute Gasteiger partial charge is 0.497 e. The Hall–Kier alpha value is -2.80. The van der Waals surface area contributed by atoms with Crippen molar-refractivity contribution in [3.63, 3.8) is 0 Å². The molecule has 1 N–H and O–H groups in total. The van der Waals surface area contributed by atoms with Gasteiger partial charge in [-0.2, -0.15) is 0 Å². The summed E-state index contributed by atoms with van der Waals surface area (Å²) in [7, 11) is 1.65. The maximum atomic E-state index is 12.4. The lowest BCUT2D eigenvalue weighted by Gasteiger charge is -2.13. The van der Waals surface area contributed by atoms with Gasteiger partial charge in [0, 0.05) is 17.8 Å². The van der Waals surface area contributed by atoms with Crippen molar-refractivity contribution in [2.24, 2.45) is 5.92 Å². The molecule has 29 heavy (non-hydrogen) atoms. The number of hydrogen-bond donors (Lipinski definition) is 1. The first-order chi connectivity index (χ1) is 14.0. The van der Waals surface area contributed by atoms with Gasteiger partial charge in [0.25, 0.3) is 0 Å². The number of aromatic nitrogens is 3. The van der Waals surface area contributed by atoms with Gasteiger partial charge in [0.1, 0.15) is 5.75 Å². The first kappa shape index (κ1) is 20.9. The SMILES string of the molecule is COc1ccc(-c2nnc(SCC(=O)Nc3cccc(C)c3)n2CC(C)C)cc1. The Morgan fingerprint density at radius 2 is 1.93 bits per heavy atom. The minimum atomic E-state index is -0.0642. The molecule has 3 aromatic rings. The lowest BCUT2D eigenvalue weighted by Crippen LogP contribution is -2.15. The van der Waals surface area contributed by atoms with Crippen LogP contribution in [0.4, 0.5) is 5.69 Å². The van der Waals surface area contributed by atoms with Gasteiger partial charge in [0.05, 0.1) is 12.9 Å². The fraction of sp³-hybridized carbons (Fsp3) is 0.318. The Bertz CT molecular complexity index is 967. The molecule has 0 aliphatic rings. The number of carbonyl (C=O) groups is 1. The van der Waals surface area contributed by atoms with E-state index >= 15 is 0 Å². The van der Waals surface area contributed by atoms with Crippen LogP contribution in [-0.4, -0.2) is 33.5 Å². The van der Waals surface area contributed by atoms with Crippen molar-refractivity contribution in [3.8, 4) is 17.1 Å². The number of aryl methyl sites for hydroxylation is 1. The summed E-state index contributed by atoms with van der Waals surface area (Å²) in [6.07, 6.45) is 0. The van der Waals surface area contributed by atoms with Crippen LogP contribution in [0.5, 0.6) is 5.75 Å². The maximum Gasteiger partial charge on any atom is 0.234 e. The summed E-state index contributed by atoms with van der Waals surface area (Å²) in [5.41, 5.74) is 2.88. The molecule has 0 aliphatic carbocycles. The zero-order valence-corrected chi connectivity index (χ0v) is 18.0. The molecule has 1 heterocycles. The first-order valence-electron chi connectivity index (χ1n) is 9.53. The molecule has 7 heteroatoms. The Labute approximate surface area is 175 Å². The van der Waals surface area contributed by atoms with Crippen LogP contribution >= 0.6 is 11.8 Å². The van der Waals surface area contributed by atoms with Crippen LogP contribution in [0.3, 0.4) is 0 Å². The van der Waals surface area contributed by atoms with Gasteiger partial charge < -0.3 is 14.6 Å². The number of ether oxygens (including phenoxy) is 1. The van der Waals surface area contributed by atoms with Gasteiger partial charge in [-0.15, -0.1) is 10.2 Å². The third kappa shape index (κ3) is 5.60. The van der Waals surface area contributed by atoms with E-state index in [0.29, 0.717) is 5.92 Å². The highest BCUT2D eigenvalue weighted by atomic mass is 32.2. The Balaban J connectivity index is 1.74. The van der Waals surface area contributed by atoms with Gasteiger partial charge in [-0.1, -0.05) is 37.7 Å². The second kappa shape index (κ2) is 9.60. The summed E-state index contributed by atoms with van der Waals surface area (Å²) in [5, 5.41) is 12.4. The van der Waals surface area contributed by atoms with Crippen LogP contribution in [0, 0.1) is 12.8 Å². The molecular weight excluding hydrogens is 384 g/mol. The van der Waals surface area contributed by atoms with E-state index < -0.39 is 0 Å². The van der Waals surface area contributed by atoms with Crippen molar-refractivity contribution in [2.75, 3.05) is 18.2 Å². The van der Waals surface area contributed by atoms with Crippen molar-refractivity contribution < 1.29 is 9.53 Å². The lowest BCUT2D eigenvalue weighted by atomic mass is 10.2. The van der Waals surface area contributed by atoms with Gasteiger partial charge in [-0.25, -0.2) is 0 Å². The fourth-order valence-corrected chi connectivity index (χ4v) is 3.68. The molecule has 2 aromatic carbocycles. The summed E-state index contributed by atoms with van der Waals surface area (Å²) in [6.45, 7) is 7.07. The third-order valence-electron chi connectivity index (χ3n) is 4.25. The molecule has 0 radical (unpaired) electrons. The third-order valence-corrected chi connectivity index (χ3v) is 5.21. The normalized spacial score (nSPS) is 10.9. The molecule has 152 valence electrons. The summed E-state index contributed by atoms with van der Waals surface area (Å²) in [4.78, 5) is 12.4. The number of methoxy groups -OCH3 is 1. The van der Waals surface area contributed by atoms with Crippen molar-refractivity contribution in [2.45, 2.75) is 32.5 Å². The smallest absolute Gasteiger partial charge is 0.234 e. The number of nitrogens with zero attached hydrogens (tertiary/aromatic N) is 3. The number of anilines is 1. The number of benzene rings is 2. The van der Waals surface area contributed by atoms with Gasteiger partial charge in [-0.05, 0) is 54.8 Å². The molecular formula is C22H26N4O2S. The monoisotopic (exact) mass is 410 g/mol. The molecule has 3 rings (SSSR count). The predicted octanol–water partition coefficient (Wildman–Crippen LogP) is 4.65. The van der Waals surface area contributed by atoms with E-state index in [4.69, 9.17) is 4.74 Å². The summed E-state index contributed by atoms with van der Waals surface area (Å²) < 4.78 is 7.32. The van der Waals surface area contributed by atoms with Crippen molar-refractivity contribution in [1.29, 1.82) is 0 Å². The molecule has 0 saturated heterocycles. The number of rotatable bonds is 8. The number of thioether (sulfide) groups is 1. The number of hydrogen-bond acceptors (Lipinski definition) is 5. The van der Waals surface area contributed by atoms with Crippen molar-refractivity contribution in [1.82, 2.24) is 14.8 Å². The van der Waals surface area contributed by atoms with Gasteiger partial charge in [0.2, 0.25) is 5.91 Å². The van der Waals surface area contributed by atoms with Gasteiger partial charge >= 0.3 is 0 Å². The average molecular weight is 411 g/mol. The van der Waals surface area contributed by atoms with E-state index in [0.717, 1.165) is 40.1 Å². The van der Waals surface area contributed by atoms with Crippen LogP contribution < -0.4 is 10.1 Å². The van der Waals surface area contributed by atoms with Gasteiger partial charge in [0.15, 0.2) is 11.0 Å². The maximum absolute atomic E-state index is 12.4. The highest BCUT2D eigenvalue weighted by molar-refractivity contribution is 7.99. The molecule has 0 bridgehead atoms. The first-order valence-corrected chi connectivity index (χ1v) is 10.5. The molecule has 1 aromatic heterocycles. The second-order valence-corrected chi connectivity index (χ2v) is 8.19. The minimum absolute atomic E-state index is 0.0642. The quantitative estimate of drug-likeness (QED) is 0.548. The van der Waals surface area contributed by atoms with E-state index in [-0.39, 0.29) is 11.7 Å². The topological polar surface area (TPSA) is 69.0 Å². The molecule has 0 atom stereocenters. The molecule has 0 saturated carbocycles. The number of nitrogens with one attached hydrogen (secondary N) is 1. The van der Waals surface area contributed by atoms with Crippen LogP contribution in [0.15, 0.2) is 53.7 Å². The summed E-state index contributed by atoms with van der Waals surface area (Å²) >= 11 is 1.40. The Morgan fingerprint density at radius 3 is 2.59 bits per heavy atom. The van der Waals surface area contributed by atoms with E-state index in [1.165, 1.54) is 11.8 Å². The molecule has 0 spiro atoms. The standard InChI is InChI=1S/C22H26N4O2S/c1-15(2)13-26-21(17-8-10-19(28-4)11-9-17)24-25-22(26)29-14-20(27)23-18-7-5-6-16(3)12-18/h5-12,15H,13-14H2,1-4H3,(H,23,27). The zero-order chi connectivity index (χ0) is 20.8. The van der Waals surface area contributed by atoms with Crippen molar-refractivity contribution >= 4 is 23.4 Å². The summed E-state index contributed by atoms with van der Waals surface area (Å²) in [6, 6.07) is 15.5. The molecule has 1 amide bonds. The molecule has 0 aliphatic heterocycles. The van der Waals surface area contributed by atoms with E-state index in [1.54, 1.807) is 7.11 Å². The highest BCUT2D eigenvalue weighted by Gasteiger charge is 2.17. The van der Waals surface area contributed by atoms with E-state index in [9.17, 15) is 4.79 Å². The zero-order valence-electron chi connectivity index (χ0n) is 17.2. The Kier molecular flexibility index (Phi) is 6.93. The predicted molar refractivity (Wildman–Crippen MR) is 117 cm³/mol. The van der Waals surface area contributed by atoms with Crippen LogP contribution in [0.2, 0.25) is 0 Å². The lowest BCUT2D eigenvalue weighted by molar-refractivity contribution is -0.113. The molecule has 0 unspecified atom stereocenters. The van der Waals surface area contributed by atoms with Crippen molar-refractivity contribution in [3.05, 3.63) is 54.1 Å². The number of amides is 1. The highest BCUT2D eigenvalue weighted by Crippen LogP contribution is 2.26. The van der Waals surface area contributed by atoms with Crippen LogP contribution in [0.1, 0.15) is 19.4 Å². The molecule has 6 nitrogen and oxygen atoms in total. The van der Waals surface area contributed by atoms with Crippen LogP contribution in [-0.2, 0) is 11.3 Å². The second-order valence-electron chi connectivity index (χ2n) is 7.25. The molecule has 0 fully saturated rings. The Morgan fingerprint density at radius 1 is 1.17 bits per heavy atom. The fourth-order valence-electron chi connectivity index (χ4n) is 2.93. The number of carbonyl (C=O) groups excluding carboxylic acids is 1. The van der Waals surface area contributed by atoms with Gasteiger partial charge in [-0.3, -0.25) is 4.79 Å². The van der Waals surface area contributed by atoms with E-state index in [1.807, 2.05) is 55.5 Å². The average Bonchev–Trinajstić information content (AvgIpc) is 3.08. The minimum Gasteiger partial charge on any atom is -0.497 e. The van der Waals surface area contributed by atoms with E-state index in [2.05, 4.69) is 33.9 Å². The summed E-state index contributed by atoms with van der Waals surface area (Å²) in [5.74, 6) is 2.22.